The Balaban J connectivity index is 1.45. The second-order valence-electron chi connectivity index (χ2n) is 13.2. The van der Waals surface area contributed by atoms with Gasteiger partial charge >= 0.3 is 0 Å². The molecule has 2 aromatic heterocycles. The highest BCUT2D eigenvalue weighted by atomic mass is 35.5. The molecule has 5 rings (SSSR count). The van der Waals surface area contributed by atoms with Crippen LogP contribution in [0.5, 0.6) is 0 Å². The Hall–Kier alpha value is -3.91. The molecular formula is C33H40ClN7O2Si. The quantitative estimate of drug-likeness (QED) is 0.168. The molecule has 230 valence electrons. The lowest BCUT2D eigenvalue weighted by atomic mass is 9.83. The first-order valence-corrected chi connectivity index (χ1v) is 18.1. The molecule has 1 aliphatic rings. The average Bonchev–Trinajstić information content (AvgIpc) is 3.55. The summed E-state index contributed by atoms with van der Waals surface area (Å²) in [5.74, 6) is 0.383. The third-order valence-corrected chi connectivity index (χ3v) is 13.7. The molecule has 1 aliphatic heterocycles. The summed E-state index contributed by atoms with van der Waals surface area (Å²) in [5, 5.41) is 21.2. The number of anilines is 3. The monoisotopic (exact) mass is 629 g/mol. The summed E-state index contributed by atoms with van der Waals surface area (Å²) in [6.45, 7) is 15.2. The molecule has 4 aromatic rings. The van der Waals surface area contributed by atoms with E-state index in [1.807, 2.05) is 41.1 Å². The van der Waals surface area contributed by atoms with Gasteiger partial charge in [0.2, 0.25) is 11.9 Å². The van der Waals surface area contributed by atoms with Crippen molar-refractivity contribution in [1.82, 2.24) is 19.9 Å². The van der Waals surface area contributed by atoms with Crippen LogP contribution in [0.25, 0.3) is 22.2 Å². The van der Waals surface area contributed by atoms with Crippen LogP contribution in [-0.2, 0) is 21.2 Å². The van der Waals surface area contributed by atoms with Crippen molar-refractivity contribution in [2.75, 3.05) is 30.8 Å². The summed E-state index contributed by atoms with van der Waals surface area (Å²) < 4.78 is 8.68. The Labute approximate surface area is 265 Å². The molecule has 11 heteroatoms. The largest absolute Gasteiger partial charge is 0.416 e. The van der Waals surface area contributed by atoms with E-state index in [-0.39, 0.29) is 16.4 Å². The first-order valence-electron chi connectivity index (χ1n) is 14.8. The summed E-state index contributed by atoms with van der Waals surface area (Å²) in [4.78, 5) is 21.1. The Kier molecular flexibility index (Phi) is 8.51. The van der Waals surface area contributed by atoms with Gasteiger partial charge in [0.05, 0.1) is 28.1 Å². The number of fused-ring (bicyclic) bond motifs is 2. The second-order valence-corrected chi connectivity index (χ2v) is 18.5. The van der Waals surface area contributed by atoms with Crippen molar-refractivity contribution in [3.05, 3.63) is 64.9 Å². The van der Waals surface area contributed by atoms with Crippen LogP contribution in [-0.4, -0.2) is 49.0 Å². The Morgan fingerprint density at radius 3 is 2.73 bits per heavy atom. The third kappa shape index (κ3) is 6.18. The summed E-state index contributed by atoms with van der Waals surface area (Å²) in [6.07, 6.45) is 4.02. The lowest BCUT2D eigenvalue weighted by molar-refractivity contribution is -0.120. The first-order chi connectivity index (χ1) is 20.7. The van der Waals surface area contributed by atoms with E-state index in [2.05, 4.69) is 73.9 Å². The van der Waals surface area contributed by atoms with Crippen LogP contribution in [0.3, 0.4) is 0 Å². The fraction of sp³-hybridized carbons (Fsp3) is 0.394. The van der Waals surface area contributed by atoms with Gasteiger partial charge in [0.15, 0.2) is 8.32 Å². The van der Waals surface area contributed by atoms with Crippen molar-refractivity contribution in [3.63, 3.8) is 0 Å². The van der Waals surface area contributed by atoms with Crippen LogP contribution in [0.4, 0.5) is 17.3 Å². The SMILES string of the molecule is CNC(=O)CCn1ccc2c(Nc3nccc(-c4cc(C#N)c5c(c4)C(C)(CO[Si](C)(C)C(C)(C)C)CN5)n3)cc(Cl)cc21. The zero-order chi connectivity index (χ0) is 31.9. The predicted molar refractivity (Wildman–Crippen MR) is 180 cm³/mol. The molecule has 0 aliphatic carbocycles. The molecule has 2 aromatic carbocycles. The summed E-state index contributed by atoms with van der Waals surface area (Å²) in [5.41, 5.74) is 5.42. The maximum absolute atomic E-state index is 11.8. The van der Waals surface area contributed by atoms with E-state index < -0.39 is 8.32 Å². The highest BCUT2D eigenvalue weighted by Crippen LogP contribution is 2.44. The van der Waals surface area contributed by atoms with E-state index in [1.165, 1.54) is 0 Å². The molecule has 3 heterocycles. The molecule has 1 amide bonds. The van der Waals surface area contributed by atoms with Gasteiger partial charge in [-0.05, 0) is 60.1 Å². The summed E-state index contributed by atoms with van der Waals surface area (Å²) >= 11 is 6.51. The van der Waals surface area contributed by atoms with Gasteiger partial charge in [0.25, 0.3) is 0 Å². The average molecular weight is 630 g/mol. The fourth-order valence-corrected chi connectivity index (χ4v) is 6.54. The fourth-order valence-electron chi connectivity index (χ4n) is 5.22. The van der Waals surface area contributed by atoms with E-state index in [9.17, 15) is 10.1 Å². The van der Waals surface area contributed by atoms with Crippen LogP contribution in [0, 0.1) is 11.3 Å². The van der Waals surface area contributed by atoms with Gasteiger partial charge < -0.3 is 24.9 Å². The smallest absolute Gasteiger partial charge is 0.227 e. The van der Waals surface area contributed by atoms with Crippen molar-refractivity contribution < 1.29 is 9.22 Å². The molecular weight excluding hydrogens is 590 g/mol. The van der Waals surface area contributed by atoms with E-state index in [0.717, 1.165) is 33.4 Å². The van der Waals surface area contributed by atoms with Gasteiger partial charge in [-0.3, -0.25) is 4.79 Å². The van der Waals surface area contributed by atoms with E-state index in [1.54, 1.807) is 13.2 Å². The molecule has 0 saturated heterocycles. The molecule has 1 atom stereocenters. The Morgan fingerprint density at radius 2 is 2.02 bits per heavy atom. The van der Waals surface area contributed by atoms with Gasteiger partial charge in [0.1, 0.15) is 6.07 Å². The van der Waals surface area contributed by atoms with Crippen molar-refractivity contribution in [1.29, 1.82) is 5.26 Å². The molecule has 0 radical (unpaired) electrons. The maximum atomic E-state index is 11.8. The van der Waals surface area contributed by atoms with E-state index in [0.29, 0.717) is 48.3 Å². The Morgan fingerprint density at radius 1 is 1.25 bits per heavy atom. The molecule has 3 N–H and O–H groups in total. The number of hydrogen-bond acceptors (Lipinski definition) is 7. The van der Waals surface area contributed by atoms with Crippen LogP contribution >= 0.6 is 11.6 Å². The normalized spacial score (nSPS) is 16.3. The third-order valence-electron chi connectivity index (χ3n) is 9.03. The lowest BCUT2D eigenvalue weighted by Gasteiger charge is -2.39. The molecule has 0 bridgehead atoms. The number of nitrogens with one attached hydrogen (secondary N) is 3. The summed E-state index contributed by atoms with van der Waals surface area (Å²) in [7, 11) is -0.337. The number of benzene rings is 2. The molecule has 0 saturated carbocycles. The minimum atomic E-state index is -1.97. The molecule has 9 nitrogen and oxygen atoms in total. The number of carbonyl (C=O) groups excluding carboxylic acids is 1. The van der Waals surface area contributed by atoms with Gasteiger partial charge in [-0.25, -0.2) is 9.97 Å². The number of amides is 1. The van der Waals surface area contributed by atoms with Gasteiger partial charge in [-0.1, -0.05) is 39.3 Å². The number of halogens is 1. The van der Waals surface area contributed by atoms with Gasteiger partial charge in [-0.2, -0.15) is 5.26 Å². The number of aromatic nitrogens is 3. The van der Waals surface area contributed by atoms with Crippen molar-refractivity contribution in [3.8, 4) is 17.3 Å². The molecule has 1 unspecified atom stereocenters. The highest BCUT2D eigenvalue weighted by Gasteiger charge is 2.42. The number of aryl methyl sites for hydroxylation is 1. The number of hydrogen-bond donors (Lipinski definition) is 3. The summed E-state index contributed by atoms with van der Waals surface area (Å²) in [6, 6.07) is 13.9. The maximum Gasteiger partial charge on any atom is 0.227 e. The minimum absolute atomic E-state index is 0.0252. The zero-order valence-electron chi connectivity index (χ0n) is 26.4. The molecule has 44 heavy (non-hydrogen) atoms. The van der Waals surface area contributed by atoms with Crippen LogP contribution < -0.4 is 16.0 Å². The standard InChI is InChI=1S/C33H40ClN7O2Si/c1-32(2,3)44(6,7)43-20-33(4)19-38-30-22(18-35)14-21(15-25(30)33)26-8-11-37-31(39-26)40-27-16-23(34)17-28-24(27)9-12-41(28)13-10-29(42)36-5/h8-9,11-12,14-17,38H,10,13,19-20H2,1-7H3,(H,36,42)(H,37,39,40). The van der Waals surface area contributed by atoms with Crippen LogP contribution in [0.1, 0.15) is 45.2 Å². The molecule has 0 spiro atoms. The minimum Gasteiger partial charge on any atom is -0.416 e. The Bertz CT molecular complexity index is 1770. The first kappa shape index (κ1) is 31.5. The number of nitrogens with zero attached hydrogens (tertiary/aromatic N) is 4. The van der Waals surface area contributed by atoms with E-state index in [4.69, 9.17) is 21.0 Å². The number of carbonyl (C=O) groups is 1. The number of nitriles is 1. The lowest BCUT2D eigenvalue weighted by Crippen LogP contribution is -2.45. The van der Waals surface area contributed by atoms with Crippen LogP contribution in [0.15, 0.2) is 48.8 Å². The van der Waals surface area contributed by atoms with E-state index >= 15 is 0 Å². The molecule has 0 fully saturated rings. The van der Waals surface area contributed by atoms with Gasteiger partial charge in [0, 0.05) is 66.9 Å². The topological polar surface area (TPSA) is 117 Å². The van der Waals surface area contributed by atoms with Crippen molar-refractivity contribution in [2.45, 2.75) is 64.2 Å². The number of rotatable bonds is 9. The van der Waals surface area contributed by atoms with Crippen molar-refractivity contribution >= 4 is 54.1 Å². The van der Waals surface area contributed by atoms with Crippen LogP contribution in [0.2, 0.25) is 23.2 Å². The van der Waals surface area contributed by atoms with Crippen molar-refractivity contribution in [2.24, 2.45) is 0 Å². The second kappa shape index (κ2) is 11.9. The zero-order valence-corrected chi connectivity index (χ0v) is 28.2. The highest BCUT2D eigenvalue weighted by molar-refractivity contribution is 6.74. The predicted octanol–water partition coefficient (Wildman–Crippen LogP) is 7.21. The van der Waals surface area contributed by atoms with Gasteiger partial charge in [-0.15, -0.1) is 0 Å².